The van der Waals surface area contributed by atoms with Gasteiger partial charge in [-0.2, -0.15) is 0 Å². The first-order valence-corrected chi connectivity index (χ1v) is 7.13. The Bertz CT molecular complexity index is 509. The highest BCUT2D eigenvalue weighted by Crippen LogP contribution is 2.35. The van der Waals surface area contributed by atoms with Crippen LogP contribution in [0.4, 0.5) is 8.78 Å². The van der Waals surface area contributed by atoms with Crippen LogP contribution >= 0.6 is 33.3 Å². The molecule has 0 amide bonds. The zero-order chi connectivity index (χ0) is 12.5. The summed E-state index contributed by atoms with van der Waals surface area (Å²) in [5.74, 6) is 0.0694. The lowest BCUT2D eigenvalue weighted by atomic mass is 10.3. The van der Waals surface area contributed by atoms with Crippen molar-refractivity contribution in [3.05, 3.63) is 15.3 Å². The molecule has 9 heteroatoms. The molecule has 0 bridgehead atoms. The molecule has 1 heterocycles. The summed E-state index contributed by atoms with van der Waals surface area (Å²) in [4.78, 5) is 3.37. The molecule has 0 N–H and O–H groups in total. The third-order valence-electron chi connectivity index (χ3n) is 1.65. The van der Waals surface area contributed by atoms with E-state index in [1.54, 1.807) is 22.6 Å². The van der Waals surface area contributed by atoms with Crippen molar-refractivity contribution in [2.24, 2.45) is 0 Å². The first-order valence-electron chi connectivity index (χ1n) is 3.74. The predicted molar refractivity (Wildman–Crippen MR) is 61.5 cm³/mol. The average molecular weight is 384 g/mol. The highest BCUT2D eigenvalue weighted by molar-refractivity contribution is 14.1. The Labute approximate surface area is 109 Å². The number of methoxy groups -OCH3 is 1. The minimum absolute atomic E-state index is 0.0238. The average Bonchev–Trinajstić information content (AvgIpc) is 2.15. The molecule has 0 fully saturated rings. The van der Waals surface area contributed by atoms with Gasteiger partial charge in [0.15, 0.2) is 10.8 Å². The number of aromatic nitrogens is 1. The van der Waals surface area contributed by atoms with Crippen molar-refractivity contribution in [2.75, 3.05) is 7.11 Å². The Morgan fingerprint density at radius 3 is 2.50 bits per heavy atom. The fourth-order valence-corrected chi connectivity index (χ4v) is 3.03. The molecular weight excluding hydrogens is 379 g/mol. The van der Waals surface area contributed by atoms with Crippen molar-refractivity contribution in [3.8, 4) is 5.75 Å². The van der Waals surface area contributed by atoms with Crippen molar-refractivity contribution < 1.29 is 21.9 Å². The first kappa shape index (κ1) is 13.8. The third kappa shape index (κ3) is 2.72. The van der Waals surface area contributed by atoms with Crippen LogP contribution in [0.25, 0.3) is 0 Å². The molecule has 90 valence electrons. The summed E-state index contributed by atoms with van der Waals surface area (Å²) in [6.45, 7) is 0. The van der Waals surface area contributed by atoms with E-state index < -0.39 is 26.1 Å². The minimum atomic E-state index is -4.31. The summed E-state index contributed by atoms with van der Waals surface area (Å²) in [5, 5.41) is -0.839. The van der Waals surface area contributed by atoms with Gasteiger partial charge in [-0.15, -0.1) is 0 Å². The van der Waals surface area contributed by atoms with Crippen molar-refractivity contribution >= 4 is 42.3 Å². The largest absolute Gasteiger partial charge is 0.494 e. The van der Waals surface area contributed by atoms with Crippen LogP contribution < -0.4 is 4.74 Å². The molecule has 0 unspecified atom stereocenters. The Balaban J connectivity index is 3.60. The van der Waals surface area contributed by atoms with Gasteiger partial charge in [0.25, 0.3) is 15.5 Å². The number of pyridine rings is 1. The molecule has 0 aliphatic heterocycles. The molecule has 0 radical (unpaired) electrons. The van der Waals surface area contributed by atoms with Crippen molar-refractivity contribution in [2.45, 2.75) is 11.5 Å². The standard InChI is InChI=1S/C7H5ClF2INO3S/c1-15-3-2-12-7(16(8,13)14)4(5(3)11)6(9)10/h2,6H,1H3. The molecule has 1 aromatic heterocycles. The quantitative estimate of drug-likeness (QED) is 0.595. The van der Waals surface area contributed by atoms with Crippen LogP contribution in [0, 0.1) is 3.57 Å². The molecular formula is C7H5ClF2INO3S. The second-order valence-electron chi connectivity index (χ2n) is 2.60. The number of hydrogen-bond acceptors (Lipinski definition) is 4. The zero-order valence-corrected chi connectivity index (χ0v) is 11.5. The maximum atomic E-state index is 12.7. The lowest BCUT2D eigenvalue weighted by molar-refractivity contribution is 0.145. The molecule has 0 aliphatic carbocycles. The topological polar surface area (TPSA) is 56.3 Å². The van der Waals surface area contributed by atoms with Crippen LogP contribution in [-0.2, 0) is 9.05 Å². The Morgan fingerprint density at radius 1 is 1.56 bits per heavy atom. The smallest absolute Gasteiger partial charge is 0.279 e. The van der Waals surface area contributed by atoms with Gasteiger partial charge in [0.05, 0.1) is 22.4 Å². The van der Waals surface area contributed by atoms with Crippen LogP contribution in [0.5, 0.6) is 5.75 Å². The van der Waals surface area contributed by atoms with E-state index in [-0.39, 0.29) is 9.32 Å². The monoisotopic (exact) mass is 383 g/mol. The number of alkyl halides is 2. The molecule has 1 rings (SSSR count). The molecule has 0 atom stereocenters. The van der Waals surface area contributed by atoms with E-state index in [0.717, 1.165) is 6.20 Å². The number of nitrogens with zero attached hydrogens (tertiary/aromatic N) is 1. The predicted octanol–water partition coefficient (Wildman–Crippen LogP) is 2.56. The van der Waals surface area contributed by atoms with Gasteiger partial charge in [-0.25, -0.2) is 22.2 Å². The molecule has 16 heavy (non-hydrogen) atoms. The van der Waals surface area contributed by atoms with Crippen LogP contribution in [0.15, 0.2) is 11.2 Å². The third-order valence-corrected chi connectivity index (χ3v) is 3.99. The van der Waals surface area contributed by atoms with E-state index >= 15 is 0 Å². The lowest BCUT2D eigenvalue weighted by Crippen LogP contribution is -2.06. The van der Waals surface area contributed by atoms with Gasteiger partial charge in [0.2, 0.25) is 0 Å². The zero-order valence-electron chi connectivity index (χ0n) is 7.75. The van der Waals surface area contributed by atoms with E-state index in [4.69, 9.17) is 15.4 Å². The summed E-state index contributed by atoms with van der Waals surface area (Å²) < 4.78 is 52.2. The fraction of sp³-hybridized carbons (Fsp3) is 0.286. The van der Waals surface area contributed by atoms with Crippen molar-refractivity contribution in [3.63, 3.8) is 0 Å². The van der Waals surface area contributed by atoms with E-state index in [2.05, 4.69) is 4.98 Å². The summed E-state index contributed by atoms with van der Waals surface area (Å²) in [6, 6.07) is 0. The van der Waals surface area contributed by atoms with Crippen molar-refractivity contribution in [1.82, 2.24) is 4.98 Å². The normalized spacial score (nSPS) is 11.9. The SMILES string of the molecule is COc1cnc(S(=O)(=O)Cl)c(C(F)F)c1I. The molecule has 0 saturated heterocycles. The van der Waals surface area contributed by atoms with Crippen molar-refractivity contribution in [1.29, 1.82) is 0 Å². The molecule has 0 aromatic carbocycles. The molecule has 1 aromatic rings. The van der Waals surface area contributed by atoms with Gasteiger partial charge in [-0.05, 0) is 22.6 Å². The second kappa shape index (κ2) is 4.96. The summed E-state index contributed by atoms with van der Waals surface area (Å²) in [7, 11) is 1.97. The Kier molecular flexibility index (Phi) is 4.29. The first-order chi connectivity index (χ1) is 7.29. The molecule has 0 aliphatic rings. The Morgan fingerprint density at radius 2 is 2.12 bits per heavy atom. The van der Waals surface area contributed by atoms with Gasteiger partial charge >= 0.3 is 0 Å². The summed E-state index contributed by atoms with van der Waals surface area (Å²) in [6.07, 6.45) is -1.97. The number of rotatable bonds is 3. The minimum Gasteiger partial charge on any atom is -0.494 e. The molecule has 4 nitrogen and oxygen atoms in total. The van der Waals surface area contributed by atoms with E-state index in [9.17, 15) is 17.2 Å². The fourth-order valence-electron chi connectivity index (χ4n) is 0.996. The Hall–Kier alpha value is -0.220. The number of hydrogen-bond donors (Lipinski definition) is 0. The van der Waals surface area contributed by atoms with Gasteiger partial charge in [-0.1, -0.05) is 0 Å². The van der Waals surface area contributed by atoms with Gasteiger partial charge < -0.3 is 4.74 Å². The molecule has 0 saturated carbocycles. The van der Waals surface area contributed by atoms with E-state index in [1.165, 1.54) is 7.11 Å². The maximum absolute atomic E-state index is 12.7. The number of halogens is 4. The van der Waals surface area contributed by atoms with Gasteiger partial charge in [0.1, 0.15) is 0 Å². The van der Waals surface area contributed by atoms with Gasteiger partial charge in [0, 0.05) is 10.7 Å². The van der Waals surface area contributed by atoms with Crippen LogP contribution in [-0.4, -0.2) is 20.5 Å². The van der Waals surface area contributed by atoms with E-state index in [1.807, 2.05) is 0 Å². The maximum Gasteiger partial charge on any atom is 0.279 e. The molecule has 0 spiro atoms. The lowest BCUT2D eigenvalue weighted by Gasteiger charge is -2.10. The highest BCUT2D eigenvalue weighted by atomic mass is 127. The number of ether oxygens (including phenoxy) is 1. The van der Waals surface area contributed by atoms with Crippen LogP contribution in [0.1, 0.15) is 12.0 Å². The van der Waals surface area contributed by atoms with Crippen LogP contribution in [0.3, 0.4) is 0 Å². The second-order valence-corrected chi connectivity index (χ2v) is 6.16. The van der Waals surface area contributed by atoms with Gasteiger partial charge in [-0.3, -0.25) is 0 Å². The van der Waals surface area contributed by atoms with E-state index in [0.29, 0.717) is 0 Å². The summed E-state index contributed by atoms with van der Waals surface area (Å²) >= 11 is 1.55. The van der Waals surface area contributed by atoms with Crippen LogP contribution in [0.2, 0.25) is 0 Å². The highest BCUT2D eigenvalue weighted by Gasteiger charge is 2.28. The summed E-state index contributed by atoms with van der Waals surface area (Å²) in [5.41, 5.74) is -0.741.